The molecule has 0 radical (unpaired) electrons. The minimum Gasteiger partial charge on any atom is -0.501 e. The Morgan fingerprint density at radius 3 is 2.68 bits per heavy atom. The molecular weight excluding hydrogens is 286 g/mol. The first-order chi connectivity index (χ1) is 10.4. The van der Waals surface area contributed by atoms with Gasteiger partial charge >= 0.3 is 0 Å². The van der Waals surface area contributed by atoms with E-state index in [0.29, 0.717) is 11.1 Å². The third-order valence-electron chi connectivity index (χ3n) is 3.36. The maximum atomic E-state index is 11.7. The summed E-state index contributed by atoms with van der Waals surface area (Å²) in [5.74, 6) is -1.55. The largest absolute Gasteiger partial charge is 0.501 e. The molecule has 7 heteroatoms. The van der Waals surface area contributed by atoms with E-state index >= 15 is 0 Å². The van der Waals surface area contributed by atoms with E-state index in [1.165, 1.54) is 0 Å². The van der Waals surface area contributed by atoms with Gasteiger partial charge in [-0.15, -0.1) is 0 Å². The van der Waals surface area contributed by atoms with Gasteiger partial charge in [-0.2, -0.15) is 0 Å². The summed E-state index contributed by atoms with van der Waals surface area (Å²) < 4.78 is 5.59. The molecule has 0 atom stereocenters. The summed E-state index contributed by atoms with van der Waals surface area (Å²) in [6.45, 7) is 0. The maximum Gasteiger partial charge on any atom is 0.251 e. The molecule has 0 saturated heterocycles. The predicted octanol–water partition coefficient (Wildman–Crippen LogP) is 1.16. The van der Waals surface area contributed by atoms with Crippen LogP contribution in [0.15, 0.2) is 33.5 Å². The molecule has 0 unspecified atom stereocenters. The molecule has 0 aromatic heterocycles. The van der Waals surface area contributed by atoms with Gasteiger partial charge in [0, 0.05) is 31.9 Å². The molecule has 7 nitrogen and oxygen atoms in total. The van der Waals surface area contributed by atoms with Crippen LogP contribution in [0.1, 0.15) is 10.4 Å². The molecule has 2 aliphatic rings. The van der Waals surface area contributed by atoms with Gasteiger partial charge in [0.25, 0.3) is 5.91 Å². The van der Waals surface area contributed by atoms with E-state index in [9.17, 15) is 14.7 Å². The second kappa shape index (κ2) is 4.73. The number of aromatic nitrogens is 1. The number of nitrogens with zero attached hydrogens (tertiary/aromatic N) is 2. The number of aromatic hydroxyl groups is 1. The van der Waals surface area contributed by atoms with E-state index in [2.05, 4.69) is 4.98 Å². The number of amides is 1. The van der Waals surface area contributed by atoms with Crippen LogP contribution >= 0.6 is 0 Å². The summed E-state index contributed by atoms with van der Waals surface area (Å²) in [7, 11) is 3.74. The number of benzene rings is 2. The lowest BCUT2D eigenvalue weighted by Gasteiger charge is -2.14. The lowest BCUT2D eigenvalue weighted by Crippen LogP contribution is -2.17. The number of rotatable bonds is 2. The van der Waals surface area contributed by atoms with Gasteiger partial charge in [-0.1, -0.05) is 0 Å². The molecule has 3 rings (SSSR count). The Hall–Kier alpha value is -3.09. The number of hydrogen-bond donors (Lipinski definition) is 2. The van der Waals surface area contributed by atoms with E-state index in [-0.39, 0.29) is 17.0 Å². The average Bonchev–Trinajstić information content (AvgIpc) is 2.48. The molecule has 1 aromatic carbocycles. The summed E-state index contributed by atoms with van der Waals surface area (Å²) in [6, 6.07) is 6.24. The van der Waals surface area contributed by atoms with Crippen molar-refractivity contribution in [3.05, 3.63) is 40.1 Å². The normalized spacial score (nSPS) is 11.0. The second-order valence-electron chi connectivity index (χ2n) is 5.07. The Morgan fingerprint density at radius 1 is 1.32 bits per heavy atom. The zero-order valence-corrected chi connectivity index (χ0v) is 12.0. The molecule has 0 spiro atoms. The Kier molecular flexibility index (Phi) is 2.98. The molecule has 1 heterocycles. The van der Waals surface area contributed by atoms with Crippen molar-refractivity contribution in [2.24, 2.45) is 5.73 Å². The lowest BCUT2D eigenvalue weighted by molar-refractivity contribution is 0.100. The number of hydrogen-bond acceptors (Lipinski definition) is 6. The zero-order valence-electron chi connectivity index (χ0n) is 12.0. The quantitative estimate of drug-likeness (QED) is 0.687. The van der Waals surface area contributed by atoms with Crippen molar-refractivity contribution < 1.29 is 14.3 Å². The molecule has 0 fully saturated rings. The smallest absolute Gasteiger partial charge is 0.251 e. The fraction of sp³-hybridized carbons (Fsp3) is 0.133. The Bertz CT molecular complexity index is 930. The number of carbonyl (C=O) groups is 1. The van der Waals surface area contributed by atoms with Gasteiger partial charge in [-0.25, -0.2) is 4.98 Å². The first-order valence-corrected chi connectivity index (χ1v) is 6.46. The van der Waals surface area contributed by atoms with Crippen molar-refractivity contribution in [3.63, 3.8) is 0 Å². The molecule has 1 aliphatic heterocycles. The molecule has 112 valence electrons. The summed E-state index contributed by atoms with van der Waals surface area (Å²) in [5.41, 5.74) is 6.23. The number of carbonyl (C=O) groups excluding carboxylic acids is 1. The minimum atomic E-state index is -0.811. The van der Waals surface area contributed by atoms with Gasteiger partial charge in [-0.05, 0) is 12.1 Å². The summed E-state index contributed by atoms with van der Waals surface area (Å²) >= 11 is 0. The van der Waals surface area contributed by atoms with Crippen LogP contribution in [0.5, 0.6) is 5.75 Å². The molecular formula is C15H13N3O4. The molecule has 0 saturated carbocycles. The standard InChI is InChI=1S/C15H13N3O4/c1-18(2)7-3-4-9-11(5-7)22-14-12(17-9)8(15(16)21)6-10(19)13(14)20/h3-6,20H,1-2H3,(H2,16,21). The number of primary amides is 1. The van der Waals surface area contributed by atoms with Crippen molar-refractivity contribution in [2.45, 2.75) is 0 Å². The van der Waals surface area contributed by atoms with Gasteiger partial charge in [0.1, 0.15) is 11.2 Å². The number of fused-ring (bicyclic) bond motifs is 2. The van der Waals surface area contributed by atoms with E-state index in [1.54, 1.807) is 12.1 Å². The third-order valence-corrected chi connectivity index (χ3v) is 3.36. The van der Waals surface area contributed by atoms with E-state index in [4.69, 9.17) is 10.2 Å². The first-order valence-electron chi connectivity index (χ1n) is 6.46. The van der Waals surface area contributed by atoms with Crippen molar-refractivity contribution in [1.29, 1.82) is 0 Å². The highest BCUT2D eigenvalue weighted by Crippen LogP contribution is 2.33. The van der Waals surface area contributed by atoms with E-state index in [0.717, 1.165) is 11.8 Å². The second-order valence-corrected chi connectivity index (χ2v) is 5.07. The zero-order chi connectivity index (χ0) is 16.0. The Balaban J connectivity index is 2.43. The van der Waals surface area contributed by atoms with Crippen LogP contribution in [0.2, 0.25) is 0 Å². The third kappa shape index (κ3) is 2.03. The van der Waals surface area contributed by atoms with Crippen LogP contribution < -0.4 is 16.1 Å². The number of anilines is 1. The fourth-order valence-electron chi connectivity index (χ4n) is 2.20. The molecule has 22 heavy (non-hydrogen) atoms. The minimum absolute atomic E-state index is 0.0645. The number of nitrogens with two attached hydrogens (primary N) is 1. The predicted molar refractivity (Wildman–Crippen MR) is 81.4 cm³/mol. The molecule has 1 aliphatic carbocycles. The van der Waals surface area contributed by atoms with Crippen LogP contribution in [0.25, 0.3) is 22.6 Å². The monoisotopic (exact) mass is 299 g/mol. The molecule has 0 bridgehead atoms. The molecule has 3 N–H and O–H groups in total. The van der Waals surface area contributed by atoms with Crippen LogP contribution in [-0.4, -0.2) is 30.1 Å². The molecule has 1 aromatic rings. The van der Waals surface area contributed by atoms with Crippen molar-refractivity contribution >= 4 is 22.7 Å². The van der Waals surface area contributed by atoms with Gasteiger partial charge in [-0.3, -0.25) is 9.59 Å². The highest BCUT2D eigenvalue weighted by molar-refractivity contribution is 6.00. The van der Waals surface area contributed by atoms with Gasteiger partial charge < -0.3 is 20.2 Å². The van der Waals surface area contributed by atoms with Gasteiger partial charge in [0.2, 0.25) is 11.2 Å². The van der Waals surface area contributed by atoms with Crippen molar-refractivity contribution in [2.75, 3.05) is 19.0 Å². The van der Waals surface area contributed by atoms with Crippen molar-refractivity contribution in [3.8, 4) is 17.2 Å². The van der Waals surface area contributed by atoms with E-state index < -0.39 is 17.1 Å². The number of phenols is 1. The average molecular weight is 299 g/mol. The fourth-order valence-corrected chi connectivity index (χ4v) is 2.20. The summed E-state index contributed by atoms with van der Waals surface area (Å²) in [5, 5.41) is 9.89. The Morgan fingerprint density at radius 2 is 2.05 bits per heavy atom. The lowest BCUT2D eigenvalue weighted by atomic mass is 10.1. The first kappa shape index (κ1) is 13.9. The van der Waals surface area contributed by atoms with Crippen molar-refractivity contribution in [1.82, 2.24) is 4.98 Å². The highest BCUT2D eigenvalue weighted by Gasteiger charge is 2.23. The summed E-state index contributed by atoms with van der Waals surface area (Å²) in [6.07, 6.45) is 0. The van der Waals surface area contributed by atoms with E-state index in [1.807, 2.05) is 25.1 Å². The maximum absolute atomic E-state index is 11.7. The van der Waals surface area contributed by atoms with Crippen LogP contribution in [0.4, 0.5) is 5.69 Å². The number of phenolic OH excluding ortho intramolecular Hbond substituents is 1. The molecule has 1 amide bonds. The SMILES string of the molecule is CN(C)c1ccc2nc3c(C(N)=O)cc(=O)c(O)c-3oc2c1. The van der Waals surface area contributed by atoms with Crippen LogP contribution in [-0.2, 0) is 0 Å². The van der Waals surface area contributed by atoms with Crippen LogP contribution in [0, 0.1) is 0 Å². The topological polar surface area (TPSA) is 110 Å². The highest BCUT2D eigenvalue weighted by atomic mass is 16.4. The summed E-state index contributed by atoms with van der Waals surface area (Å²) in [4.78, 5) is 29.3. The van der Waals surface area contributed by atoms with Gasteiger partial charge in [0.05, 0.1) is 5.56 Å². The van der Waals surface area contributed by atoms with Gasteiger partial charge in [0.15, 0.2) is 11.3 Å². The van der Waals surface area contributed by atoms with Crippen LogP contribution in [0.3, 0.4) is 0 Å². The Labute approximate surface area is 124 Å².